The zero-order valence-corrected chi connectivity index (χ0v) is 16.9. The molecule has 1 saturated heterocycles. The van der Waals surface area contributed by atoms with E-state index in [2.05, 4.69) is 42.3 Å². The van der Waals surface area contributed by atoms with Gasteiger partial charge in [0.2, 0.25) is 11.9 Å². The van der Waals surface area contributed by atoms with Crippen LogP contribution in [-0.2, 0) is 11.3 Å². The van der Waals surface area contributed by atoms with E-state index in [1.165, 1.54) is 0 Å². The Kier molecular flexibility index (Phi) is 7.80. The van der Waals surface area contributed by atoms with Crippen molar-refractivity contribution in [3.8, 4) is 0 Å². The summed E-state index contributed by atoms with van der Waals surface area (Å²) in [6.45, 7) is 7.21. The number of aliphatic imine (C=N–C) groups is 1. The van der Waals surface area contributed by atoms with Crippen molar-refractivity contribution in [3.63, 3.8) is 0 Å². The van der Waals surface area contributed by atoms with Gasteiger partial charge in [0.25, 0.3) is 0 Å². The maximum Gasteiger partial charge on any atom is 0.225 e. The zero-order chi connectivity index (χ0) is 20.3. The number of guanidine groups is 1. The molecule has 154 valence electrons. The molecule has 2 heterocycles. The Labute approximate surface area is 172 Å². The molecule has 3 rings (SSSR count). The lowest BCUT2D eigenvalue weighted by Crippen LogP contribution is -2.53. The van der Waals surface area contributed by atoms with Crippen molar-refractivity contribution in [2.45, 2.75) is 19.9 Å². The predicted molar refractivity (Wildman–Crippen MR) is 115 cm³/mol. The molecule has 8 nitrogen and oxygen atoms in total. The lowest BCUT2D eigenvalue weighted by Gasteiger charge is -2.36. The molecule has 0 saturated carbocycles. The summed E-state index contributed by atoms with van der Waals surface area (Å²) in [5, 5.41) is 6.28. The number of nitrogens with one attached hydrogen (secondary N) is 2. The summed E-state index contributed by atoms with van der Waals surface area (Å²) in [5.74, 6) is 1.64. The number of hydrogen-bond acceptors (Lipinski definition) is 5. The Morgan fingerprint density at radius 2 is 1.76 bits per heavy atom. The Morgan fingerprint density at radius 1 is 1.03 bits per heavy atom. The van der Waals surface area contributed by atoms with Gasteiger partial charge in [-0.05, 0) is 18.6 Å². The number of nitrogens with zero attached hydrogens (tertiary/aromatic N) is 5. The van der Waals surface area contributed by atoms with Crippen LogP contribution >= 0.6 is 0 Å². The van der Waals surface area contributed by atoms with E-state index in [0.717, 1.165) is 50.2 Å². The summed E-state index contributed by atoms with van der Waals surface area (Å²) in [6, 6.07) is 11.7. The number of carbonyl (C=O) groups is 1. The van der Waals surface area contributed by atoms with E-state index < -0.39 is 0 Å². The smallest absolute Gasteiger partial charge is 0.225 e. The maximum atomic E-state index is 12.1. The fourth-order valence-electron chi connectivity index (χ4n) is 3.15. The van der Waals surface area contributed by atoms with Crippen molar-refractivity contribution in [1.82, 2.24) is 25.5 Å². The highest BCUT2D eigenvalue weighted by atomic mass is 16.1. The number of rotatable bonds is 7. The first-order chi connectivity index (χ1) is 14.3. The van der Waals surface area contributed by atoms with Crippen molar-refractivity contribution < 1.29 is 4.79 Å². The molecule has 1 aromatic heterocycles. The van der Waals surface area contributed by atoms with E-state index in [-0.39, 0.29) is 5.91 Å². The van der Waals surface area contributed by atoms with Gasteiger partial charge in [-0.15, -0.1) is 0 Å². The van der Waals surface area contributed by atoms with Crippen LogP contribution < -0.4 is 15.5 Å². The first-order valence-electron chi connectivity index (χ1n) is 10.1. The number of aromatic nitrogens is 2. The fourth-order valence-corrected chi connectivity index (χ4v) is 3.15. The quantitative estimate of drug-likeness (QED) is 0.542. The molecule has 1 aliphatic rings. The molecule has 0 unspecified atom stereocenters. The Balaban J connectivity index is 1.45. The van der Waals surface area contributed by atoms with Gasteiger partial charge in [0.15, 0.2) is 5.96 Å². The van der Waals surface area contributed by atoms with Crippen molar-refractivity contribution in [2.75, 3.05) is 44.2 Å². The van der Waals surface area contributed by atoms with E-state index >= 15 is 0 Å². The summed E-state index contributed by atoms with van der Waals surface area (Å²) in [5.41, 5.74) is 1.10. The van der Waals surface area contributed by atoms with Crippen molar-refractivity contribution >= 4 is 17.8 Å². The second-order valence-corrected chi connectivity index (χ2v) is 6.77. The van der Waals surface area contributed by atoms with Gasteiger partial charge >= 0.3 is 0 Å². The second-order valence-electron chi connectivity index (χ2n) is 6.77. The van der Waals surface area contributed by atoms with Crippen LogP contribution in [0.2, 0.25) is 0 Å². The van der Waals surface area contributed by atoms with Crippen LogP contribution in [0.1, 0.15) is 18.9 Å². The summed E-state index contributed by atoms with van der Waals surface area (Å²) in [6.07, 6.45) is 3.91. The first kappa shape index (κ1) is 20.6. The molecule has 0 bridgehead atoms. The largest absolute Gasteiger partial charge is 0.357 e. The molecular weight excluding hydrogens is 366 g/mol. The van der Waals surface area contributed by atoms with Crippen molar-refractivity contribution in [3.05, 3.63) is 54.4 Å². The lowest BCUT2D eigenvalue weighted by atomic mass is 10.2. The van der Waals surface area contributed by atoms with Gasteiger partial charge in [0, 0.05) is 58.1 Å². The SMILES string of the molecule is CCNC(=NCCC(=O)NCc1ccccc1)N1CCN(c2ncccn2)CC1. The van der Waals surface area contributed by atoms with Crippen LogP contribution in [-0.4, -0.2) is 66.0 Å². The molecule has 0 spiro atoms. The van der Waals surface area contributed by atoms with Crippen molar-refractivity contribution in [1.29, 1.82) is 0 Å². The molecule has 1 aromatic carbocycles. The average molecular weight is 396 g/mol. The van der Waals surface area contributed by atoms with Crippen LogP contribution in [0.4, 0.5) is 5.95 Å². The zero-order valence-electron chi connectivity index (χ0n) is 16.9. The Bertz CT molecular complexity index is 774. The van der Waals surface area contributed by atoms with E-state index in [9.17, 15) is 4.79 Å². The maximum absolute atomic E-state index is 12.1. The summed E-state index contributed by atoms with van der Waals surface area (Å²) < 4.78 is 0. The van der Waals surface area contributed by atoms with Gasteiger partial charge in [-0.25, -0.2) is 9.97 Å². The highest BCUT2D eigenvalue weighted by Crippen LogP contribution is 2.09. The minimum Gasteiger partial charge on any atom is -0.357 e. The van der Waals surface area contributed by atoms with E-state index in [0.29, 0.717) is 19.5 Å². The first-order valence-corrected chi connectivity index (χ1v) is 10.1. The van der Waals surface area contributed by atoms with Crippen LogP contribution in [0.3, 0.4) is 0 Å². The molecule has 2 aromatic rings. The Hall–Kier alpha value is -3.16. The lowest BCUT2D eigenvalue weighted by molar-refractivity contribution is -0.121. The monoisotopic (exact) mass is 395 g/mol. The molecule has 0 radical (unpaired) electrons. The minimum absolute atomic E-state index is 0.0134. The standard InChI is InChI=1S/C21H29N7O/c1-2-22-20(25-12-9-19(29)26-17-18-7-4-3-5-8-18)27-13-15-28(16-14-27)21-23-10-6-11-24-21/h3-8,10-11H,2,9,12-17H2,1H3,(H,22,25)(H,26,29). The molecule has 0 atom stereocenters. The number of benzene rings is 1. The summed E-state index contributed by atoms with van der Waals surface area (Å²) in [7, 11) is 0. The van der Waals surface area contributed by atoms with Gasteiger partial charge in [-0.1, -0.05) is 30.3 Å². The van der Waals surface area contributed by atoms with Gasteiger partial charge in [0.05, 0.1) is 6.54 Å². The van der Waals surface area contributed by atoms with Gasteiger partial charge in [-0.3, -0.25) is 9.79 Å². The highest BCUT2D eigenvalue weighted by molar-refractivity contribution is 5.81. The Morgan fingerprint density at radius 3 is 2.45 bits per heavy atom. The van der Waals surface area contributed by atoms with Gasteiger partial charge < -0.3 is 20.4 Å². The van der Waals surface area contributed by atoms with E-state index in [1.807, 2.05) is 36.4 Å². The number of piperazine rings is 1. The normalized spacial score (nSPS) is 14.6. The van der Waals surface area contributed by atoms with E-state index in [1.54, 1.807) is 12.4 Å². The number of anilines is 1. The van der Waals surface area contributed by atoms with Gasteiger partial charge in [0.1, 0.15) is 0 Å². The van der Waals surface area contributed by atoms with Crippen LogP contribution in [0.25, 0.3) is 0 Å². The average Bonchev–Trinajstić information content (AvgIpc) is 2.78. The van der Waals surface area contributed by atoms with Gasteiger partial charge in [-0.2, -0.15) is 0 Å². The molecule has 1 fully saturated rings. The highest BCUT2D eigenvalue weighted by Gasteiger charge is 2.21. The summed E-state index contributed by atoms with van der Waals surface area (Å²) >= 11 is 0. The molecule has 8 heteroatoms. The molecular formula is C21H29N7O. The third kappa shape index (κ3) is 6.44. The molecule has 1 amide bonds. The number of carbonyl (C=O) groups excluding carboxylic acids is 1. The van der Waals surface area contributed by atoms with Crippen LogP contribution in [0.15, 0.2) is 53.8 Å². The van der Waals surface area contributed by atoms with Crippen LogP contribution in [0.5, 0.6) is 0 Å². The molecule has 2 N–H and O–H groups in total. The molecule has 0 aliphatic carbocycles. The van der Waals surface area contributed by atoms with Crippen LogP contribution in [0, 0.1) is 0 Å². The third-order valence-corrected chi connectivity index (χ3v) is 4.68. The second kappa shape index (κ2) is 11.0. The third-order valence-electron chi connectivity index (χ3n) is 4.68. The molecule has 29 heavy (non-hydrogen) atoms. The predicted octanol–water partition coefficient (Wildman–Crippen LogP) is 1.27. The minimum atomic E-state index is 0.0134. The summed E-state index contributed by atoms with van der Waals surface area (Å²) in [4.78, 5) is 29.8. The number of amides is 1. The fraction of sp³-hybridized carbons (Fsp3) is 0.429. The topological polar surface area (TPSA) is 85.8 Å². The number of hydrogen-bond donors (Lipinski definition) is 2. The molecule has 1 aliphatic heterocycles. The van der Waals surface area contributed by atoms with E-state index in [4.69, 9.17) is 0 Å². The van der Waals surface area contributed by atoms with Crippen molar-refractivity contribution in [2.24, 2.45) is 4.99 Å².